The normalized spacial score (nSPS) is 15.7. The minimum Gasteiger partial charge on any atom is -0.652 e. The second-order valence-electron chi connectivity index (χ2n) is 10.7. The van der Waals surface area contributed by atoms with Crippen molar-refractivity contribution in [3.05, 3.63) is 65.5 Å². The van der Waals surface area contributed by atoms with E-state index in [9.17, 15) is 4.79 Å². The standard InChI is InChI=1S/C22H21O4.C9H18N.Mg/c1-14(2)26-22(23)18-11-9-15-7-5-6-8-17(15)21(18)16-10-12-19(24-3)20(13-16)25-4;1-8(2)6-5-7-9(3,4)10-8;/h6-14H,1-4H3;5-7H2,1-4H3;/q2*-1;+2. The van der Waals surface area contributed by atoms with Gasteiger partial charge in [-0.25, -0.2) is 4.79 Å². The summed E-state index contributed by atoms with van der Waals surface area (Å²) in [5.74, 6) is 0.892. The van der Waals surface area contributed by atoms with Crippen LogP contribution in [0.3, 0.4) is 0 Å². The minimum atomic E-state index is -0.348. The van der Waals surface area contributed by atoms with Crippen LogP contribution in [0.2, 0.25) is 0 Å². The van der Waals surface area contributed by atoms with Crippen LogP contribution in [-0.4, -0.2) is 60.4 Å². The van der Waals surface area contributed by atoms with Crippen molar-refractivity contribution < 1.29 is 19.0 Å². The summed E-state index contributed by atoms with van der Waals surface area (Å²) in [6, 6.07) is 18.1. The first-order chi connectivity index (χ1) is 17.0. The molecule has 0 spiro atoms. The molecule has 0 aliphatic carbocycles. The van der Waals surface area contributed by atoms with E-state index >= 15 is 0 Å². The summed E-state index contributed by atoms with van der Waals surface area (Å²) in [5.41, 5.74) is 2.66. The van der Waals surface area contributed by atoms with Crippen molar-refractivity contribution in [2.45, 2.75) is 78.0 Å². The van der Waals surface area contributed by atoms with Gasteiger partial charge in [0.05, 0.1) is 25.9 Å². The molecule has 0 N–H and O–H groups in total. The maximum atomic E-state index is 12.7. The largest absolute Gasteiger partial charge is 2.00 e. The molecular formula is C31H39MgNO4. The molecule has 3 aromatic rings. The number of ether oxygens (including phenoxy) is 3. The molecule has 0 saturated carbocycles. The van der Waals surface area contributed by atoms with Crippen LogP contribution in [0.1, 0.15) is 71.2 Å². The topological polar surface area (TPSA) is 58.9 Å². The summed E-state index contributed by atoms with van der Waals surface area (Å²) in [6.45, 7) is 12.6. The van der Waals surface area contributed by atoms with Gasteiger partial charge in [-0.15, -0.1) is 27.9 Å². The van der Waals surface area contributed by atoms with Crippen molar-refractivity contribution in [2.75, 3.05) is 14.2 Å². The number of rotatable bonds is 5. The van der Waals surface area contributed by atoms with Crippen LogP contribution in [0.15, 0.2) is 48.5 Å². The fourth-order valence-electron chi connectivity index (χ4n) is 4.85. The van der Waals surface area contributed by atoms with Crippen LogP contribution in [0.4, 0.5) is 0 Å². The predicted octanol–water partition coefficient (Wildman–Crippen LogP) is 7.61. The number of benzene rings is 3. The van der Waals surface area contributed by atoms with E-state index in [1.165, 1.54) is 19.3 Å². The fourth-order valence-corrected chi connectivity index (χ4v) is 4.85. The Hall–Kier alpha value is -2.28. The number of methoxy groups -OCH3 is 2. The number of hydrogen-bond acceptors (Lipinski definition) is 4. The third kappa shape index (κ3) is 8.10. The van der Waals surface area contributed by atoms with E-state index in [1.54, 1.807) is 20.3 Å². The molecule has 1 heterocycles. The van der Waals surface area contributed by atoms with Crippen LogP contribution in [-0.2, 0) is 4.74 Å². The minimum absolute atomic E-state index is 0. The van der Waals surface area contributed by atoms with E-state index in [0.717, 1.165) is 21.9 Å². The molecule has 1 aliphatic rings. The summed E-state index contributed by atoms with van der Waals surface area (Å²) in [6.07, 6.45) is 3.66. The van der Waals surface area contributed by atoms with Gasteiger partial charge in [-0.05, 0) is 37.1 Å². The van der Waals surface area contributed by atoms with Crippen molar-refractivity contribution >= 4 is 39.8 Å². The third-order valence-electron chi connectivity index (χ3n) is 6.28. The zero-order chi connectivity index (χ0) is 26.5. The van der Waals surface area contributed by atoms with Crippen LogP contribution < -0.4 is 9.47 Å². The Morgan fingerprint density at radius 2 is 1.59 bits per heavy atom. The monoisotopic (exact) mass is 513 g/mol. The van der Waals surface area contributed by atoms with Crippen molar-refractivity contribution in [3.63, 3.8) is 0 Å². The van der Waals surface area contributed by atoms with E-state index in [2.05, 4.69) is 33.8 Å². The molecule has 4 rings (SSSR count). The van der Waals surface area contributed by atoms with Gasteiger partial charge in [-0.1, -0.05) is 59.1 Å². The SMILES string of the molecule is CC1(C)CCCC(C)(C)[N-]1.COc1ccc(-c2c(C(=O)OC(C)C)ccc3c[c-]ccc23)cc1OC.[Mg+2]. The molecule has 37 heavy (non-hydrogen) atoms. The molecule has 3 aromatic carbocycles. The quantitative estimate of drug-likeness (QED) is 0.200. The van der Waals surface area contributed by atoms with Crippen LogP contribution in [0.5, 0.6) is 11.5 Å². The Morgan fingerprint density at radius 3 is 2.14 bits per heavy atom. The smallest absolute Gasteiger partial charge is 0.652 e. The Bertz CT molecular complexity index is 1190. The summed E-state index contributed by atoms with van der Waals surface area (Å²) >= 11 is 0. The third-order valence-corrected chi connectivity index (χ3v) is 6.28. The summed E-state index contributed by atoms with van der Waals surface area (Å²) in [4.78, 5) is 12.7. The number of esters is 1. The Morgan fingerprint density at radius 1 is 0.946 bits per heavy atom. The molecule has 0 amide bonds. The van der Waals surface area contributed by atoms with Gasteiger partial charge in [0, 0.05) is 0 Å². The van der Waals surface area contributed by atoms with E-state index in [-0.39, 0.29) is 46.2 Å². The summed E-state index contributed by atoms with van der Waals surface area (Å²) < 4.78 is 16.2. The second kappa shape index (κ2) is 13.0. The van der Waals surface area contributed by atoms with Gasteiger partial charge >= 0.3 is 29.0 Å². The number of carbonyl (C=O) groups is 1. The predicted molar refractivity (Wildman–Crippen MR) is 153 cm³/mol. The maximum Gasteiger partial charge on any atom is 2.00 e. The molecule has 1 aliphatic heterocycles. The summed E-state index contributed by atoms with van der Waals surface area (Å²) in [7, 11) is 3.18. The molecule has 0 bridgehead atoms. The Labute approximate surface area is 238 Å². The molecule has 1 fully saturated rings. The number of nitrogens with zero attached hydrogens (tertiary/aromatic N) is 1. The molecule has 5 nitrogen and oxygen atoms in total. The Kier molecular flexibility index (Phi) is 10.9. The van der Waals surface area contributed by atoms with Gasteiger partial charge in [0.1, 0.15) is 0 Å². The van der Waals surface area contributed by atoms with Crippen molar-refractivity contribution in [3.8, 4) is 22.6 Å². The average Bonchev–Trinajstić information content (AvgIpc) is 2.81. The van der Waals surface area contributed by atoms with Gasteiger partial charge in [0.25, 0.3) is 0 Å². The Balaban J connectivity index is 0.000000369. The number of piperidine rings is 1. The first-order valence-electron chi connectivity index (χ1n) is 12.6. The second-order valence-corrected chi connectivity index (χ2v) is 10.7. The van der Waals surface area contributed by atoms with E-state index in [0.29, 0.717) is 17.1 Å². The molecular weight excluding hydrogens is 475 g/mol. The van der Waals surface area contributed by atoms with Gasteiger partial charge < -0.3 is 19.5 Å². The zero-order valence-corrected chi connectivity index (χ0v) is 25.0. The first kappa shape index (κ1) is 30.9. The molecule has 0 aromatic heterocycles. The number of fused-ring (bicyclic) bond motifs is 1. The van der Waals surface area contributed by atoms with Crippen LogP contribution >= 0.6 is 0 Å². The maximum absolute atomic E-state index is 12.7. The molecule has 0 unspecified atom stereocenters. The van der Waals surface area contributed by atoms with Crippen molar-refractivity contribution in [1.82, 2.24) is 0 Å². The fraction of sp³-hybridized carbons (Fsp3) is 0.452. The molecule has 0 atom stereocenters. The zero-order valence-electron chi connectivity index (χ0n) is 23.6. The van der Waals surface area contributed by atoms with Crippen LogP contribution in [0, 0.1) is 6.07 Å². The molecule has 6 heteroatoms. The average molecular weight is 514 g/mol. The van der Waals surface area contributed by atoms with Gasteiger partial charge in [-0.3, -0.25) is 0 Å². The van der Waals surface area contributed by atoms with Gasteiger partial charge in [0.15, 0.2) is 11.5 Å². The van der Waals surface area contributed by atoms with Crippen molar-refractivity contribution in [2.24, 2.45) is 0 Å². The number of carbonyl (C=O) groups excluding carboxylic acids is 1. The molecule has 0 radical (unpaired) electrons. The summed E-state index contributed by atoms with van der Waals surface area (Å²) in [5, 5.41) is 6.70. The van der Waals surface area contributed by atoms with Crippen LogP contribution in [0.25, 0.3) is 27.2 Å². The van der Waals surface area contributed by atoms with E-state index < -0.39 is 0 Å². The van der Waals surface area contributed by atoms with E-state index in [4.69, 9.17) is 19.5 Å². The molecule has 1 saturated heterocycles. The number of hydrogen-bond donors (Lipinski definition) is 0. The van der Waals surface area contributed by atoms with Gasteiger partial charge in [-0.2, -0.15) is 24.3 Å². The van der Waals surface area contributed by atoms with Gasteiger partial charge in [0.2, 0.25) is 0 Å². The van der Waals surface area contributed by atoms with E-state index in [1.807, 2.05) is 56.3 Å². The first-order valence-corrected chi connectivity index (χ1v) is 12.6. The van der Waals surface area contributed by atoms with Crippen molar-refractivity contribution in [1.29, 1.82) is 0 Å². The molecule has 194 valence electrons.